The SMILES string of the molecule is CN1N=Cc2ccccc2S1. The minimum Gasteiger partial charge on any atom is -0.237 e. The summed E-state index contributed by atoms with van der Waals surface area (Å²) in [6, 6.07) is 8.23. The van der Waals surface area contributed by atoms with E-state index >= 15 is 0 Å². The van der Waals surface area contributed by atoms with Crippen LogP contribution >= 0.6 is 11.9 Å². The van der Waals surface area contributed by atoms with Gasteiger partial charge in [-0.15, -0.1) is 0 Å². The maximum Gasteiger partial charge on any atom is 0.0565 e. The van der Waals surface area contributed by atoms with Gasteiger partial charge in [0.1, 0.15) is 0 Å². The summed E-state index contributed by atoms with van der Waals surface area (Å²) in [5, 5.41) is 4.14. The number of benzene rings is 1. The van der Waals surface area contributed by atoms with Crippen LogP contribution in [0.4, 0.5) is 0 Å². The molecule has 11 heavy (non-hydrogen) atoms. The second kappa shape index (κ2) is 2.58. The van der Waals surface area contributed by atoms with Crippen LogP contribution in [0.1, 0.15) is 5.56 Å². The number of nitrogens with zero attached hydrogens (tertiary/aromatic N) is 2. The van der Waals surface area contributed by atoms with Crippen LogP contribution in [0.5, 0.6) is 0 Å². The summed E-state index contributed by atoms with van der Waals surface area (Å²) >= 11 is 1.65. The Kier molecular flexibility index (Phi) is 1.58. The highest BCUT2D eigenvalue weighted by molar-refractivity contribution is 7.97. The van der Waals surface area contributed by atoms with Crippen LogP contribution in [0.25, 0.3) is 0 Å². The molecular weight excluding hydrogens is 156 g/mol. The standard InChI is InChI=1S/C8H8N2S/c1-10-9-6-7-4-2-3-5-8(7)11-10/h2-6H,1H3. The topological polar surface area (TPSA) is 15.6 Å². The molecule has 0 atom stereocenters. The van der Waals surface area contributed by atoms with Gasteiger partial charge >= 0.3 is 0 Å². The Hall–Kier alpha value is -0.960. The zero-order chi connectivity index (χ0) is 7.68. The van der Waals surface area contributed by atoms with Crippen molar-refractivity contribution in [3.8, 4) is 0 Å². The summed E-state index contributed by atoms with van der Waals surface area (Å²) in [6.45, 7) is 0. The molecule has 1 aromatic carbocycles. The van der Waals surface area contributed by atoms with Crippen molar-refractivity contribution in [2.75, 3.05) is 7.05 Å². The minimum absolute atomic E-state index is 1.20. The predicted octanol–water partition coefficient (Wildman–Crippen LogP) is 1.97. The molecule has 0 aromatic heterocycles. The number of hydrogen-bond acceptors (Lipinski definition) is 3. The highest BCUT2D eigenvalue weighted by Gasteiger charge is 2.07. The zero-order valence-electron chi connectivity index (χ0n) is 6.19. The van der Waals surface area contributed by atoms with Crippen LogP contribution in [0, 0.1) is 0 Å². The zero-order valence-corrected chi connectivity index (χ0v) is 7.01. The van der Waals surface area contributed by atoms with Gasteiger partial charge < -0.3 is 0 Å². The second-order valence-corrected chi connectivity index (χ2v) is 3.49. The first-order valence-electron chi connectivity index (χ1n) is 3.41. The molecule has 0 N–H and O–H groups in total. The maximum atomic E-state index is 4.14. The molecule has 2 nitrogen and oxygen atoms in total. The lowest BCUT2D eigenvalue weighted by Gasteiger charge is -2.16. The summed E-state index contributed by atoms with van der Waals surface area (Å²) in [5.74, 6) is 0. The Morgan fingerprint density at radius 3 is 3.09 bits per heavy atom. The van der Waals surface area contributed by atoms with Gasteiger partial charge in [-0.25, -0.2) is 4.41 Å². The molecule has 0 unspecified atom stereocenters. The highest BCUT2D eigenvalue weighted by Crippen LogP contribution is 2.27. The van der Waals surface area contributed by atoms with Crippen molar-refractivity contribution in [1.29, 1.82) is 0 Å². The summed E-state index contributed by atoms with van der Waals surface area (Å²) in [4.78, 5) is 1.27. The molecule has 0 aliphatic carbocycles. The molecule has 0 spiro atoms. The Balaban J connectivity index is 2.46. The first-order chi connectivity index (χ1) is 5.36. The fourth-order valence-corrected chi connectivity index (χ4v) is 1.72. The van der Waals surface area contributed by atoms with E-state index < -0.39 is 0 Å². The number of hydrazone groups is 1. The van der Waals surface area contributed by atoms with Gasteiger partial charge in [0.2, 0.25) is 0 Å². The van der Waals surface area contributed by atoms with Crippen LogP contribution in [-0.4, -0.2) is 17.7 Å². The first kappa shape index (κ1) is 6.73. The molecule has 0 radical (unpaired) electrons. The average molecular weight is 164 g/mol. The van der Waals surface area contributed by atoms with E-state index in [9.17, 15) is 0 Å². The minimum atomic E-state index is 1.20. The van der Waals surface area contributed by atoms with Gasteiger partial charge in [0.15, 0.2) is 0 Å². The molecule has 56 valence electrons. The molecular formula is C8H8N2S. The van der Waals surface area contributed by atoms with Gasteiger partial charge in [0, 0.05) is 29.5 Å². The Bertz CT molecular complexity index is 296. The largest absolute Gasteiger partial charge is 0.237 e. The van der Waals surface area contributed by atoms with E-state index in [1.165, 1.54) is 10.5 Å². The van der Waals surface area contributed by atoms with E-state index in [2.05, 4.69) is 17.2 Å². The monoisotopic (exact) mass is 164 g/mol. The Morgan fingerprint density at radius 1 is 1.36 bits per heavy atom. The van der Waals surface area contributed by atoms with Crippen LogP contribution in [-0.2, 0) is 0 Å². The summed E-state index contributed by atoms with van der Waals surface area (Å²) < 4.78 is 1.85. The lowest BCUT2D eigenvalue weighted by Crippen LogP contribution is -2.06. The molecule has 0 amide bonds. The lowest BCUT2D eigenvalue weighted by molar-refractivity contribution is 0.614. The van der Waals surface area contributed by atoms with E-state index in [0.717, 1.165) is 0 Å². The van der Waals surface area contributed by atoms with Gasteiger partial charge in [-0.05, 0) is 6.07 Å². The third-order valence-electron chi connectivity index (χ3n) is 1.51. The smallest absolute Gasteiger partial charge is 0.0565 e. The van der Waals surface area contributed by atoms with E-state index in [1.54, 1.807) is 11.9 Å². The molecule has 1 heterocycles. The highest BCUT2D eigenvalue weighted by atomic mass is 32.2. The van der Waals surface area contributed by atoms with Gasteiger partial charge in [-0.2, -0.15) is 5.10 Å². The van der Waals surface area contributed by atoms with Gasteiger partial charge in [-0.3, -0.25) is 0 Å². The summed E-state index contributed by atoms with van der Waals surface area (Å²) in [5.41, 5.74) is 1.20. The van der Waals surface area contributed by atoms with E-state index in [0.29, 0.717) is 0 Å². The van der Waals surface area contributed by atoms with Gasteiger partial charge in [0.05, 0.1) is 6.21 Å². The molecule has 3 heteroatoms. The van der Waals surface area contributed by atoms with Crippen LogP contribution in [0.2, 0.25) is 0 Å². The lowest BCUT2D eigenvalue weighted by atomic mass is 10.2. The van der Waals surface area contributed by atoms with E-state index in [1.807, 2.05) is 29.8 Å². The first-order valence-corrected chi connectivity index (χ1v) is 4.18. The maximum absolute atomic E-state index is 4.14. The van der Waals surface area contributed by atoms with Gasteiger partial charge in [-0.1, -0.05) is 18.2 Å². The van der Waals surface area contributed by atoms with Crippen molar-refractivity contribution in [3.05, 3.63) is 29.8 Å². The molecule has 0 saturated carbocycles. The predicted molar refractivity (Wildman–Crippen MR) is 47.7 cm³/mol. The second-order valence-electron chi connectivity index (χ2n) is 2.34. The molecule has 1 aliphatic heterocycles. The van der Waals surface area contributed by atoms with Crippen LogP contribution in [0.15, 0.2) is 34.3 Å². The number of fused-ring (bicyclic) bond motifs is 1. The molecule has 1 aliphatic rings. The Labute approximate surface area is 70.0 Å². The Morgan fingerprint density at radius 2 is 2.18 bits per heavy atom. The third kappa shape index (κ3) is 1.24. The van der Waals surface area contributed by atoms with Crippen molar-refractivity contribution in [2.45, 2.75) is 4.90 Å². The van der Waals surface area contributed by atoms with Crippen molar-refractivity contribution >= 4 is 18.2 Å². The molecule has 0 bridgehead atoms. The van der Waals surface area contributed by atoms with Crippen molar-refractivity contribution in [2.24, 2.45) is 5.10 Å². The molecule has 2 rings (SSSR count). The van der Waals surface area contributed by atoms with E-state index in [-0.39, 0.29) is 0 Å². The number of rotatable bonds is 0. The summed E-state index contributed by atoms with van der Waals surface area (Å²) in [6.07, 6.45) is 1.88. The molecule has 0 fully saturated rings. The number of hydrogen-bond donors (Lipinski definition) is 0. The van der Waals surface area contributed by atoms with E-state index in [4.69, 9.17) is 0 Å². The van der Waals surface area contributed by atoms with Gasteiger partial charge in [0.25, 0.3) is 0 Å². The summed E-state index contributed by atoms with van der Waals surface area (Å²) in [7, 11) is 1.94. The van der Waals surface area contributed by atoms with Crippen molar-refractivity contribution in [3.63, 3.8) is 0 Å². The van der Waals surface area contributed by atoms with Crippen molar-refractivity contribution < 1.29 is 0 Å². The van der Waals surface area contributed by atoms with Crippen LogP contribution < -0.4 is 0 Å². The quantitative estimate of drug-likeness (QED) is 0.545. The molecule has 0 saturated heterocycles. The van der Waals surface area contributed by atoms with Crippen molar-refractivity contribution in [1.82, 2.24) is 4.41 Å². The fraction of sp³-hybridized carbons (Fsp3) is 0.125. The third-order valence-corrected chi connectivity index (χ3v) is 2.44. The normalized spacial score (nSPS) is 14.8. The fourth-order valence-electron chi connectivity index (χ4n) is 0.980. The van der Waals surface area contributed by atoms with Crippen LogP contribution in [0.3, 0.4) is 0 Å². The molecule has 1 aromatic rings. The average Bonchev–Trinajstić information content (AvgIpc) is 2.04.